The molecule has 0 aliphatic rings. The van der Waals surface area contributed by atoms with Crippen LogP contribution in [0.1, 0.15) is 31.3 Å². The molecule has 2 rings (SSSR count). The molecule has 0 aliphatic carbocycles. The van der Waals surface area contributed by atoms with Gasteiger partial charge in [-0.05, 0) is 18.2 Å². The molecule has 2 amide bonds. The molecule has 1 heterocycles. The zero-order chi connectivity index (χ0) is 17.7. The summed E-state index contributed by atoms with van der Waals surface area (Å²) in [6.07, 6.45) is 2.38. The van der Waals surface area contributed by atoms with Crippen molar-refractivity contribution in [1.82, 2.24) is 15.3 Å². The standard InChI is InChI=1S/C15H14N4O5/c1-16-13(20)8-3-4-10(24-2)9(7-8)19-14(21)11-12(15(22)23)18-6-5-17-11/h3-7H,1-2H3,(H,16,20)(H,19,21)(H,22,23). The number of methoxy groups -OCH3 is 1. The Hall–Kier alpha value is -3.49. The average Bonchev–Trinajstić information content (AvgIpc) is 2.60. The Balaban J connectivity index is 2.38. The molecule has 0 unspecified atom stereocenters. The molecule has 2 aromatic rings. The van der Waals surface area contributed by atoms with Crippen molar-refractivity contribution >= 4 is 23.5 Å². The molecule has 0 radical (unpaired) electrons. The molecular weight excluding hydrogens is 316 g/mol. The first-order valence-electron chi connectivity index (χ1n) is 6.73. The third kappa shape index (κ3) is 3.46. The van der Waals surface area contributed by atoms with Crippen molar-refractivity contribution in [3.63, 3.8) is 0 Å². The van der Waals surface area contributed by atoms with Gasteiger partial charge in [-0.3, -0.25) is 9.59 Å². The average molecular weight is 330 g/mol. The van der Waals surface area contributed by atoms with Crippen molar-refractivity contribution < 1.29 is 24.2 Å². The molecule has 24 heavy (non-hydrogen) atoms. The summed E-state index contributed by atoms with van der Waals surface area (Å²) in [4.78, 5) is 42.5. The number of aromatic nitrogens is 2. The van der Waals surface area contributed by atoms with Crippen LogP contribution in [-0.4, -0.2) is 47.0 Å². The van der Waals surface area contributed by atoms with Crippen molar-refractivity contribution in [2.24, 2.45) is 0 Å². The van der Waals surface area contributed by atoms with Gasteiger partial charge in [0.2, 0.25) is 0 Å². The molecule has 0 saturated heterocycles. The highest BCUT2D eigenvalue weighted by Gasteiger charge is 2.21. The number of aromatic carboxylic acids is 1. The topological polar surface area (TPSA) is 131 Å². The second-order valence-corrected chi connectivity index (χ2v) is 4.51. The second kappa shape index (κ2) is 7.18. The molecule has 124 valence electrons. The van der Waals surface area contributed by atoms with E-state index in [0.717, 1.165) is 0 Å². The Morgan fingerprint density at radius 2 is 1.75 bits per heavy atom. The van der Waals surface area contributed by atoms with Crippen LogP contribution in [0.15, 0.2) is 30.6 Å². The molecule has 9 heteroatoms. The lowest BCUT2D eigenvalue weighted by molar-refractivity contribution is 0.0684. The minimum Gasteiger partial charge on any atom is -0.495 e. The molecule has 1 aromatic carbocycles. The van der Waals surface area contributed by atoms with Crippen molar-refractivity contribution in [2.45, 2.75) is 0 Å². The van der Waals surface area contributed by atoms with E-state index in [1.54, 1.807) is 0 Å². The van der Waals surface area contributed by atoms with Crippen LogP contribution in [0.25, 0.3) is 0 Å². The Kier molecular flexibility index (Phi) is 5.05. The molecule has 0 bridgehead atoms. The number of hydrogen-bond acceptors (Lipinski definition) is 6. The third-order valence-corrected chi connectivity index (χ3v) is 3.05. The first kappa shape index (κ1) is 16.9. The normalized spacial score (nSPS) is 9.92. The Bertz CT molecular complexity index is 806. The molecule has 0 fully saturated rings. The van der Waals surface area contributed by atoms with Crippen LogP contribution in [0.4, 0.5) is 5.69 Å². The van der Waals surface area contributed by atoms with Crippen LogP contribution >= 0.6 is 0 Å². The highest BCUT2D eigenvalue weighted by molar-refractivity contribution is 6.09. The van der Waals surface area contributed by atoms with Crippen LogP contribution in [0, 0.1) is 0 Å². The van der Waals surface area contributed by atoms with Gasteiger partial charge in [0.1, 0.15) is 5.75 Å². The number of carboxylic acid groups (broad SMARTS) is 1. The first-order chi connectivity index (χ1) is 11.5. The number of ether oxygens (including phenoxy) is 1. The van der Waals surface area contributed by atoms with Crippen LogP contribution in [0.5, 0.6) is 5.75 Å². The van der Waals surface area contributed by atoms with E-state index < -0.39 is 17.6 Å². The molecule has 0 saturated carbocycles. The number of rotatable bonds is 5. The van der Waals surface area contributed by atoms with E-state index in [1.807, 2.05) is 0 Å². The minimum absolute atomic E-state index is 0.200. The van der Waals surface area contributed by atoms with Crippen LogP contribution in [-0.2, 0) is 0 Å². The lowest BCUT2D eigenvalue weighted by atomic mass is 10.1. The zero-order valence-corrected chi connectivity index (χ0v) is 12.9. The van der Waals surface area contributed by atoms with Gasteiger partial charge in [0.05, 0.1) is 12.8 Å². The number of carbonyl (C=O) groups is 3. The van der Waals surface area contributed by atoms with E-state index in [2.05, 4.69) is 20.6 Å². The van der Waals surface area contributed by atoms with Gasteiger partial charge in [-0.15, -0.1) is 0 Å². The van der Waals surface area contributed by atoms with E-state index in [1.165, 1.54) is 44.8 Å². The van der Waals surface area contributed by atoms with Crippen LogP contribution in [0.2, 0.25) is 0 Å². The van der Waals surface area contributed by atoms with Gasteiger partial charge in [0.25, 0.3) is 11.8 Å². The monoisotopic (exact) mass is 330 g/mol. The summed E-state index contributed by atoms with van der Waals surface area (Å²) in [6, 6.07) is 4.44. The van der Waals surface area contributed by atoms with E-state index in [9.17, 15) is 14.4 Å². The summed E-state index contributed by atoms with van der Waals surface area (Å²) in [5, 5.41) is 14.0. The SMILES string of the molecule is CNC(=O)c1ccc(OC)c(NC(=O)c2nccnc2C(=O)O)c1. The number of carbonyl (C=O) groups excluding carboxylic acids is 2. The lowest BCUT2D eigenvalue weighted by Crippen LogP contribution is -2.21. The van der Waals surface area contributed by atoms with Crippen molar-refractivity contribution in [1.29, 1.82) is 0 Å². The summed E-state index contributed by atoms with van der Waals surface area (Å²) in [7, 11) is 2.87. The molecule has 0 aliphatic heterocycles. The highest BCUT2D eigenvalue weighted by Crippen LogP contribution is 2.26. The highest BCUT2D eigenvalue weighted by atomic mass is 16.5. The van der Waals surface area contributed by atoms with Crippen molar-refractivity contribution in [3.05, 3.63) is 47.5 Å². The number of nitrogens with one attached hydrogen (secondary N) is 2. The fourth-order valence-electron chi connectivity index (χ4n) is 1.93. The molecule has 0 spiro atoms. The molecule has 1 aromatic heterocycles. The predicted octanol–water partition coefficient (Wildman–Crippen LogP) is 0.795. The number of amides is 2. The first-order valence-corrected chi connectivity index (χ1v) is 6.73. The van der Waals surface area contributed by atoms with Gasteiger partial charge in [0, 0.05) is 25.0 Å². The van der Waals surface area contributed by atoms with E-state index in [0.29, 0.717) is 11.3 Å². The fourth-order valence-corrected chi connectivity index (χ4v) is 1.93. The van der Waals surface area contributed by atoms with Gasteiger partial charge < -0.3 is 20.5 Å². The summed E-state index contributed by atoms with van der Waals surface area (Å²) >= 11 is 0. The fraction of sp³-hybridized carbons (Fsp3) is 0.133. The summed E-state index contributed by atoms with van der Waals surface area (Å²) in [5.74, 6) is -2.21. The summed E-state index contributed by atoms with van der Waals surface area (Å²) < 4.78 is 5.13. The van der Waals surface area contributed by atoms with Crippen molar-refractivity contribution in [3.8, 4) is 5.75 Å². The quantitative estimate of drug-likeness (QED) is 0.739. The smallest absolute Gasteiger partial charge is 0.356 e. The Labute approximate surface area is 136 Å². The molecule has 3 N–H and O–H groups in total. The minimum atomic E-state index is -1.38. The number of anilines is 1. The Morgan fingerprint density at radius 3 is 2.33 bits per heavy atom. The van der Waals surface area contributed by atoms with Crippen LogP contribution < -0.4 is 15.4 Å². The van der Waals surface area contributed by atoms with Gasteiger partial charge in [-0.2, -0.15) is 0 Å². The van der Waals surface area contributed by atoms with Crippen molar-refractivity contribution in [2.75, 3.05) is 19.5 Å². The molecule has 9 nitrogen and oxygen atoms in total. The maximum atomic E-state index is 12.3. The third-order valence-electron chi connectivity index (χ3n) is 3.05. The van der Waals surface area contributed by atoms with Crippen LogP contribution in [0.3, 0.4) is 0 Å². The predicted molar refractivity (Wildman–Crippen MR) is 83.3 cm³/mol. The van der Waals surface area contributed by atoms with Gasteiger partial charge in [-0.1, -0.05) is 0 Å². The zero-order valence-electron chi connectivity index (χ0n) is 12.9. The number of carboxylic acids is 1. The number of nitrogens with zero attached hydrogens (tertiary/aromatic N) is 2. The van der Waals surface area contributed by atoms with E-state index >= 15 is 0 Å². The lowest BCUT2D eigenvalue weighted by Gasteiger charge is -2.12. The maximum absolute atomic E-state index is 12.3. The number of hydrogen-bond donors (Lipinski definition) is 3. The number of benzene rings is 1. The molecule has 0 atom stereocenters. The maximum Gasteiger partial charge on any atom is 0.356 e. The van der Waals surface area contributed by atoms with E-state index in [4.69, 9.17) is 9.84 Å². The van der Waals surface area contributed by atoms with E-state index in [-0.39, 0.29) is 17.3 Å². The van der Waals surface area contributed by atoms with Gasteiger partial charge in [0.15, 0.2) is 11.4 Å². The van der Waals surface area contributed by atoms with Gasteiger partial charge in [-0.25, -0.2) is 14.8 Å². The summed E-state index contributed by atoms with van der Waals surface area (Å²) in [5.41, 5.74) is -0.328. The Morgan fingerprint density at radius 1 is 1.08 bits per heavy atom. The largest absolute Gasteiger partial charge is 0.495 e. The molecular formula is C15H14N4O5. The van der Waals surface area contributed by atoms with Gasteiger partial charge >= 0.3 is 5.97 Å². The second-order valence-electron chi connectivity index (χ2n) is 4.51. The summed E-state index contributed by atoms with van der Waals surface area (Å²) in [6.45, 7) is 0.